The third-order valence-corrected chi connectivity index (χ3v) is 8.28. The predicted molar refractivity (Wildman–Crippen MR) is 171 cm³/mol. The monoisotopic (exact) mass is 667 g/mol. The lowest BCUT2D eigenvalue weighted by molar-refractivity contribution is -0.131. The molecule has 8 heteroatoms. The molecule has 3 aromatic carbocycles. The van der Waals surface area contributed by atoms with Crippen molar-refractivity contribution in [3.63, 3.8) is 0 Å². The van der Waals surface area contributed by atoms with E-state index >= 15 is 0 Å². The van der Waals surface area contributed by atoms with Crippen molar-refractivity contribution in [2.24, 2.45) is 0 Å². The summed E-state index contributed by atoms with van der Waals surface area (Å²) in [6, 6.07) is 22.7. The molecule has 4 rings (SSSR count). The van der Waals surface area contributed by atoms with Crippen LogP contribution in [0.15, 0.2) is 72.8 Å². The molecule has 3 amide bonds. The number of fused-ring (bicyclic) bond motifs is 1. The van der Waals surface area contributed by atoms with Crippen LogP contribution >= 0.6 is 22.6 Å². The number of hydrogen-bond donors (Lipinski definition) is 0. The number of halogens is 1. The number of benzene rings is 3. The molecule has 0 saturated heterocycles. The fourth-order valence-corrected chi connectivity index (χ4v) is 5.86. The van der Waals surface area contributed by atoms with Gasteiger partial charge in [0.1, 0.15) is 5.75 Å². The Morgan fingerprint density at radius 2 is 1.61 bits per heavy atom. The van der Waals surface area contributed by atoms with E-state index in [2.05, 4.69) is 22.6 Å². The zero-order chi connectivity index (χ0) is 29.5. The highest BCUT2D eigenvalue weighted by Gasteiger charge is 2.38. The number of ether oxygens (including phenoxy) is 1. The van der Waals surface area contributed by atoms with Crippen LogP contribution in [0.5, 0.6) is 5.75 Å². The third kappa shape index (κ3) is 7.09. The van der Waals surface area contributed by atoms with Crippen molar-refractivity contribution in [1.29, 1.82) is 0 Å². The molecule has 0 unspecified atom stereocenters. The van der Waals surface area contributed by atoms with Crippen molar-refractivity contribution in [1.82, 2.24) is 4.90 Å². The summed E-state index contributed by atoms with van der Waals surface area (Å²) in [5, 5.41) is 0. The number of rotatable bonds is 10. The van der Waals surface area contributed by atoms with Gasteiger partial charge in [0.15, 0.2) is 0 Å². The maximum atomic E-state index is 13.8. The summed E-state index contributed by atoms with van der Waals surface area (Å²) < 4.78 is 6.94. The fourth-order valence-electron chi connectivity index (χ4n) is 5.50. The maximum Gasteiger partial charge on any atom is 0.258 e. The lowest BCUT2D eigenvalue weighted by Crippen LogP contribution is -2.47. The first-order valence-electron chi connectivity index (χ1n) is 14.2. The summed E-state index contributed by atoms with van der Waals surface area (Å²) in [5.74, 6) is 0.677. The standard InChI is InChI=1S/C33H38IN3O4/c1-5-35(6-2)32(39)12-9-21-41-28-19-13-25(14-20-28)33(40)36-23(3)22-31(29-10-7-8-11-30(29)36)37(24(4)38)27-17-15-26(34)16-18-27/h7-8,10-11,13-20,23,31H,5-6,9,12,21-22H2,1-4H3/t23-,31+/m0/s1. The minimum atomic E-state index is -0.188. The average molecular weight is 668 g/mol. The number of amides is 3. The van der Waals surface area contributed by atoms with Gasteiger partial charge in [-0.2, -0.15) is 0 Å². The van der Waals surface area contributed by atoms with Crippen molar-refractivity contribution >= 4 is 51.7 Å². The van der Waals surface area contributed by atoms with Crippen molar-refractivity contribution in [2.45, 2.75) is 59.0 Å². The molecule has 216 valence electrons. The van der Waals surface area contributed by atoms with E-state index in [4.69, 9.17) is 4.74 Å². The minimum Gasteiger partial charge on any atom is -0.494 e. The van der Waals surface area contributed by atoms with Crippen molar-refractivity contribution < 1.29 is 19.1 Å². The highest BCUT2D eigenvalue weighted by atomic mass is 127. The van der Waals surface area contributed by atoms with Crippen molar-refractivity contribution in [2.75, 3.05) is 29.5 Å². The number of hydrogen-bond acceptors (Lipinski definition) is 4. The zero-order valence-electron chi connectivity index (χ0n) is 24.2. The molecule has 1 aliphatic rings. The molecule has 0 aromatic heterocycles. The van der Waals surface area contributed by atoms with Gasteiger partial charge in [0, 0.05) is 53.0 Å². The van der Waals surface area contributed by atoms with Crippen molar-refractivity contribution in [3.05, 3.63) is 87.5 Å². The van der Waals surface area contributed by atoms with Gasteiger partial charge in [0.25, 0.3) is 5.91 Å². The summed E-state index contributed by atoms with van der Waals surface area (Å²) in [6.07, 6.45) is 1.70. The second kappa shape index (κ2) is 14.0. The van der Waals surface area contributed by atoms with Crippen LogP contribution in [0, 0.1) is 3.57 Å². The average Bonchev–Trinajstić information content (AvgIpc) is 2.97. The second-order valence-electron chi connectivity index (χ2n) is 10.2. The van der Waals surface area contributed by atoms with E-state index in [-0.39, 0.29) is 29.8 Å². The quantitative estimate of drug-likeness (QED) is 0.175. The zero-order valence-corrected chi connectivity index (χ0v) is 26.3. The number of anilines is 2. The first kappa shape index (κ1) is 30.6. The van der Waals surface area contributed by atoms with E-state index in [1.807, 2.05) is 84.0 Å². The van der Waals surface area contributed by atoms with E-state index < -0.39 is 0 Å². The topological polar surface area (TPSA) is 70.2 Å². The SMILES string of the molecule is CCN(CC)C(=O)CCCOc1ccc(C(=O)N2c3ccccc3[C@H](N(C(C)=O)c3ccc(I)cc3)C[C@@H]2C)cc1. The molecule has 0 radical (unpaired) electrons. The third-order valence-electron chi connectivity index (χ3n) is 7.56. The molecule has 0 fully saturated rings. The Labute approximate surface area is 256 Å². The van der Waals surface area contributed by atoms with Crippen LogP contribution in [0.3, 0.4) is 0 Å². The van der Waals surface area contributed by atoms with Gasteiger partial charge in [-0.15, -0.1) is 0 Å². The molecular weight excluding hydrogens is 629 g/mol. The molecule has 0 aliphatic carbocycles. The lowest BCUT2D eigenvalue weighted by atomic mass is 9.89. The molecule has 0 N–H and O–H groups in total. The lowest BCUT2D eigenvalue weighted by Gasteiger charge is -2.43. The Balaban J connectivity index is 1.48. The van der Waals surface area contributed by atoms with E-state index in [0.717, 1.165) is 20.5 Å². The maximum absolute atomic E-state index is 13.8. The van der Waals surface area contributed by atoms with E-state index in [1.54, 1.807) is 31.2 Å². The number of carbonyl (C=O) groups is 3. The fraction of sp³-hybridized carbons (Fsp3) is 0.364. The number of carbonyl (C=O) groups excluding carboxylic acids is 3. The molecule has 0 spiro atoms. The first-order chi connectivity index (χ1) is 19.7. The molecule has 7 nitrogen and oxygen atoms in total. The van der Waals surface area contributed by atoms with E-state index in [9.17, 15) is 14.4 Å². The molecule has 41 heavy (non-hydrogen) atoms. The van der Waals surface area contributed by atoms with Crippen LogP contribution in [0.1, 0.15) is 68.9 Å². The summed E-state index contributed by atoms with van der Waals surface area (Å²) in [7, 11) is 0. The molecule has 1 aliphatic heterocycles. The molecule has 1 heterocycles. The second-order valence-corrected chi connectivity index (χ2v) is 11.5. The summed E-state index contributed by atoms with van der Waals surface area (Å²) in [5.41, 5.74) is 3.18. The van der Waals surface area contributed by atoms with Gasteiger partial charge in [0.05, 0.1) is 12.6 Å². The van der Waals surface area contributed by atoms with Crippen molar-refractivity contribution in [3.8, 4) is 5.75 Å². The van der Waals surface area contributed by atoms with Crippen LogP contribution in [0.4, 0.5) is 11.4 Å². The van der Waals surface area contributed by atoms with Crippen LogP contribution in [-0.2, 0) is 9.59 Å². The number of para-hydroxylation sites is 1. The van der Waals surface area contributed by atoms with Gasteiger partial charge in [-0.3, -0.25) is 14.4 Å². The molecule has 0 saturated carbocycles. The van der Waals surface area contributed by atoms with Gasteiger partial charge in [-0.1, -0.05) is 18.2 Å². The number of nitrogens with zero attached hydrogens (tertiary/aromatic N) is 3. The smallest absolute Gasteiger partial charge is 0.258 e. The Kier molecular flexibility index (Phi) is 10.4. The van der Waals surface area contributed by atoms with Gasteiger partial charge >= 0.3 is 0 Å². The first-order valence-corrected chi connectivity index (χ1v) is 15.3. The summed E-state index contributed by atoms with van der Waals surface area (Å²) in [4.78, 5) is 44.4. The Hall–Kier alpha value is -3.40. The van der Waals surface area contributed by atoms with Gasteiger partial charge in [-0.25, -0.2) is 0 Å². The van der Waals surface area contributed by atoms with Crippen LogP contribution in [-0.4, -0.2) is 48.4 Å². The van der Waals surface area contributed by atoms with Crippen LogP contribution in [0.2, 0.25) is 0 Å². The highest BCUT2D eigenvalue weighted by Crippen LogP contribution is 2.42. The largest absolute Gasteiger partial charge is 0.494 e. The Morgan fingerprint density at radius 3 is 2.24 bits per heavy atom. The normalized spacial score (nSPS) is 16.1. The minimum absolute atomic E-state index is 0.0361. The molecule has 2 atom stereocenters. The molecule has 3 aromatic rings. The van der Waals surface area contributed by atoms with Gasteiger partial charge < -0.3 is 19.4 Å². The van der Waals surface area contributed by atoms with E-state index in [1.165, 1.54) is 0 Å². The van der Waals surface area contributed by atoms with E-state index in [0.29, 0.717) is 50.3 Å². The van der Waals surface area contributed by atoms with Crippen LogP contribution < -0.4 is 14.5 Å². The Morgan fingerprint density at radius 1 is 0.951 bits per heavy atom. The van der Waals surface area contributed by atoms with Crippen LogP contribution in [0.25, 0.3) is 0 Å². The van der Waals surface area contributed by atoms with Gasteiger partial charge in [0.2, 0.25) is 11.8 Å². The highest BCUT2D eigenvalue weighted by molar-refractivity contribution is 14.1. The van der Waals surface area contributed by atoms with Gasteiger partial charge in [-0.05, 0) is 116 Å². The summed E-state index contributed by atoms with van der Waals surface area (Å²) >= 11 is 2.26. The Bertz CT molecular complexity index is 1360. The molecule has 0 bridgehead atoms. The summed E-state index contributed by atoms with van der Waals surface area (Å²) in [6.45, 7) is 9.45. The predicted octanol–water partition coefficient (Wildman–Crippen LogP) is 6.85. The molecular formula is C33H38IN3O4.